The zero-order valence-electron chi connectivity index (χ0n) is 15.8. The van der Waals surface area contributed by atoms with Gasteiger partial charge in [0.1, 0.15) is 6.10 Å². The lowest BCUT2D eigenvalue weighted by Gasteiger charge is -2.22. The van der Waals surface area contributed by atoms with Crippen molar-refractivity contribution in [1.29, 1.82) is 0 Å². The van der Waals surface area contributed by atoms with Gasteiger partial charge in [-0.2, -0.15) is 0 Å². The minimum Gasteiger partial charge on any atom is -0.446 e. The van der Waals surface area contributed by atoms with Crippen LogP contribution in [-0.2, 0) is 14.8 Å². The molecule has 0 aromatic heterocycles. The largest absolute Gasteiger partial charge is 0.446 e. The second kappa shape index (κ2) is 9.55. The summed E-state index contributed by atoms with van der Waals surface area (Å²) in [5, 5.41) is 2.69. The fourth-order valence-corrected chi connectivity index (χ4v) is 5.19. The summed E-state index contributed by atoms with van der Waals surface area (Å²) in [6, 6.07) is 6.27. The van der Waals surface area contributed by atoms with Crippen molar-refractivity contribution in [1.82, 2.24) is 4.72 Å². The predicted molar refractivity (Wildman–Crippen MR) is 105 cm³/mol. The Kier molecular flexibility index (Phi) is 7.13. The maximum absolute atomic E-state index is 12.5. The predicted octanol–water partition coefficient (Wildman–Crippen LogP) is 4.57. The monoisotopic (exact) mass is 394 g/mol. The van der Waals surface area contributed by atoms with Crippen molar-refractivity contribution in [2.75, 3.05) is 5.32 Å². The molecule has 2 fully saturated rings. The molecular formula is C20H30N2O4S. The number of sulfonamides is 1. The normalized spacial score (nSPS) is 20.0. The Morgan fingerprint density at radius 3 is 2.04 bits per heavy atom. The van der Waals surface area contributed by atoms with Gasteiger partial charge in [0.25, 0.3) is 0 Å². The second-order valence-electron chi connectivity index (χ2n) is 7.62. The van der Waals surface area contributed by atoms with Crippen LogP contribution in [-0.4, -0.2) is 26.7 Å². The molecule has 0 unspecified atom stereocenters. The van der Waals surface area contributed by atoms with Gasteiger partial charge < -0.3 is 4.74 Å². The highest BCUT2D eigenvalue weighted by atomic mass is 32.2. The van der Waals surface area contributed by atoms with Gasteiger partial charge in [0.05, 0.1) is 4.90 Å². The molecule has 0 radical (unpaired) electrons. The van der Waals surface area contributed by atoms with Crippen molar-refractivity contribution in [2.24, 2.45) is 0 Å². The molecule has 0 heterocycles. The first-order valence-electron chi connectivity index (χ1n) is 10.1. The first-order valence-corrected chi connectivity index (χ1v) is 11.6. The molecule has 0 saturated heterocycles. The first kappa shape index (κ1) is 20.1. The van der Waals surface area contributed by atoms with Crippen molar-refractivity contribution in [2.45, 2.75) is 87.7 Å². The van der Waals surface area contributed by atoms with Crippen molar-refractivity contribution >= 4 is 21.8 Å². The fraction of sp³-hybridized carbons (Fsp3) is 0.650. The quantitative estimate of drug-likeness (QED) is 0.717. The highest BCUT2D eigenvalue weighted by Crippen LogP contribution is 2.22. The van der Waals surface area contributed by atoms with Crippen LogP contribution in [0.15, 0.2) is 29.2 Å². The van der Waals surface area contributed by atoms with Crippen LogP contribution in [0.25, 0.3) is 0 Å². The van der Waals surface area contributed by atoms with E-state index in [-0.39, 0.29) is 17.0 Å². The average Bonchev–Trinajstić information content (AvgIpc) is 2.91. The zero-order chi connectivity index (χ0) is 19.1. The van der Waals surface area contributed by atoms with E-state index in [9.17, 15) is 13.2 Å². The molecular weight excluding hydrogens is 364 g/mol. The van der Waals surface area contributed by atoms with Gasteiger partial charge in [-0.3, -0.25) is 5.32 Å². The SMILES string of the molecule is O=C(Nc1ccc(S(=O)(=O)NC2CCCCC2)cc1)OC1CCCCCC1. The number of nitrogens with one attached hydrogen (secondary N) is 2. The van der Waals surface area contributed by atoms with E-state index in [0.29, 0.717) is 5.69 Å². The molecule has 0 bridgehead atoms. The van der Waals surface area contributed by atoms with Crippen LogP contribution >= 0.6 is 0 Å². The summed E-state index contributed by atoms with van der Waals surface area (Å²) >= 11 is 0. The Morgan fingerprint density at radius 2 is 1.41 bits per heavy atom. The minimum absolute atomic E-state index is 0.0214. The summed E-state index contributed by atoms with van der Waals surface area (Å²) in [5.41, 5.74) is 0.533. The molecule has 150 valence electrons. The number of hydrogen-bond donors (Lipinski definition) is 2. The van der Waals surface area contributed by atoms with Gasteiger partial charge >= 0.3 is 6.09 Å². The van der Waals surface area contributed by atoms with Gasteiger partial charge in [-0.05, 0) is 62.8 Å². The summed E-state index contributed by atoms with van der Waals surface area (Å²) in [6.45, 7) is 0. The summed E-state index contributed by atoms with van der Waals surface area (Å²) in [4.78, 5) is 12.3. The number of benzene rings is 1. The standard InChI is InChI=1S/C20H30N2O4S/c23-20(26-18-10-6-1-2-7-11-18)21-16-12-14-19(15-13-16)27(24,25)22-17-8-4-3-5-9-17/h12-15,17-18,22H,1-11H2,(H,21,23). The first-order chi connectivity index (χ1) is 13.0. The summed E-state index contributed by atoms with van der Waals surface area (Å²) in [5.74, 6) is 0. The van der Waals surface area contributed by atoms with Crippen molar-refractivity contribution in [3.8, 4) is 0 Å². The maximum atomic E-state index is 12.5. The topological polar surface area (TPSA) is 84.5 Å². The Hall–Kier alpha value is -1.60. The Morgan fingerprint density at radius 1 is 0.852 bits per heavy atom. The summed E-state index contributed by atoms with van der Waals surface area (Å²) in [7, 11) is -3.53. The molecule has 1 aromatic rings. The van der Waals surface area contributed by atoms with Crippen molar-refractivity contribution in [3.05, 3.63) is 24.3 Å². The van der Waals surface area contributed by atoms with Crippen LogP contribution in [0.3, 0.4) is 0 Å². The van der Waals surface area contributed by atoms with E-state index in [1.54, 1.807) is 12.1 Å². The van der Waals surface area contributed by atoms with Gasteiger partial charge in [-0.1, -0.05) is 32.1 Å². The molecule has 0 spiro atoms. The van der Waals surface area contributed by atoms with Gasteiger partial charge in [-0.15, -0.1) is 0 Å². The number of amides is 1. The molecule has 6 nitrogen and oxygen atoms in total. The van der Waals surface area contributed by atoms with Crippen molar-refractivity contribution < 1.29 is 17.9 Å². The van der Waals surface area contributed by atoms with Crippen molar-refractivity contribution in [3.63, 3.8) is 0 Å². The van der Waals surface area contributed by atoms with E-state index in [2.05, 4.69) is 10.0 Å². The number of ether oxygens (including phenoxy) is 1. The van der Waals surface area contributed by atoms with Crippen LogP contribution in [0.2, 0.25) is 0 Å². The molecule has 1 amide bonds. The smallest absolute Gasteiger partial charge is 0.411 e. The van der Waals surface area contributed by atoms with E-state index in [1.807, 2.05) is 0 Å². The average molecular weight is 395 g/mol. The lowest BCUT2D eigenvalue weighted by atomic mass is 9.96. The van der Waals surface area contributed by atoms with Crippen LogP contribution in [0.5, 0.6) is 0 Å². The lowest BCUT2D eigenvalue weighted by molar-refractivity contribution is 0.101. The molecule has 2 N–H and O–H groups in total. The molecule has 3 rings (SSSR count). The molecule has 2 saturated carbocycles. The fourth-order valence-electron chi connectivity index (χ4n) is 3.88. The van der Waals surface area contributed by atoms with Crippen LogP contribution in [0.4, 0.5) is 10.5 Å². The highest BCUT2D eigenvalue weighted by molar-refractivity contribution is 7.89. The van der Waals surface area contributed by atoms with Crippen LogP contribution < -0.4 is 10.0 Å². The molecule has 7 heteroatoms. The number of anilines is 1. The van der Waals surface area contributed by atoms with Gasteiger partial charge in [0, 0.05) is 11.7 Å². The number of rotatable bonds is 5. The minimum atomic E-state index is -3.53. The van der Waals surface area contributed by atoms with Crippen LogP contribution in [0, 0.1) is 0 Å². The van der Waals surface area contributed by atoms with Gasteiger partial charge in [0.2, 0.25) is 10.0 Å². The van der Waals surface area contributed by atoms with E-state index in [4.69, 9.17) is 4.74 Å². The third-order valence-electron chi connectivity index (χ3n) is 5.41. The number of carbonyl (C=O) groups is 1. The Bertz CT molecular complexity index is 704. The Balaban J connectivity index is 1.53. The van der Waals surface area contributed by atoms with E-state index in [0.717, 1.165) is 51.4 Å². The van der Waals surface area contributed by atoms with Gasteiger partial charge in [-0.25, -0.2) is 17.9 Å². The number of carbonyl (C=O) groups excluding carboxylic acids is 1. The molecule has 2 aliphatic carbocycles. The zero-order valence-corrected chi connectivity index (χ0v) is 16.6. The molecule has 0 atom stereocenters. The van der Waals surface area contributed by atoms with E-state index in [1.165, 1.54) is 31.4 Å². The lowest BCUT2D eigenvalue weighted by Crippen LogP contribution is -2.36. The number of hydrogen-bond acceptors (Lipinski definition) is 4. The van der Waals surface area contributed by atoms with Gasteiger partial charge in [0.15, 0.2) is 0 Å². The third-order valence-corrected chi connectivity index (χ3v) is 6.95. The molecule has 0 aliphatic heterocycles. The van der Waals surface area contributed by atoms with E-state index < -0.39 is 16.1 Å². The third kappa shape index (κ3) is 6.21. The van der Waals surface area contributed by atoms with E-state index >= 15 is 0 Å². The molecule has 27 heavy (non-hydrogen) atoms. The van der Waals surface area contributed by atoms with Crippen LogP contribution in [0.1, 0.15) is 70.6 Å². The molecule has 2 aliphatic rings. The Labute approximate surface area is 162 Å². The molecule has 1 aromatic carbocycles. The highest BCUT2D eigenvalue weighted by Gasteiger charge is 2.22. The second-order valence-corrected chi connectivity index (χ2v) is 9.34. The summed E-state index contributed by atoms with van der Waals surface area (Å²) in [6.07, 6.45) is 11.0. The maximum Gasteiger partial charge on any atom is 0.411 e. The summed E-state index contributed by atoms with van der Waals surface area (Å²) < 4.78 is 33.3.